The van der Waals surface area contributed by atoms with Gasteiger partial charge >= 0.3 is 0 Å². The summed E-state index contributed by atoms with van der Waals surface area (Å²) in [6, 6.07) is 9.77. The van der Waals surface area contributed by atoms with Gasteiger partial charge in [0.2, 0.25) is 5.91 Å². The topological polar surface area (TPSA) is 67.3 Å². The molecule has 1 atom stereocenters. The van der Waals surface area contributed by atoms with Gasteiger partial charge in [0.15, 0.2) is 9.84 Å². The number of hydrogen-bond donors (Lipinski definition) is 0. The molecule has 2 aromatic rings. The molecule has 3 rings (SSSR count). The average Bonchev–Trinajstić information content (AvgIpc) is 3.12. The highest BCUT2D eigenvalue weighted by molar-refractivity contribution is 7.91. The minimum Gasteiger partial charge on any atom is -0.333 e. The van der Waals surface area contributed by atoms with Crippen LogP contribution in [-0.4, -0.2) is 35.7 Å². The van der Waals surface area contributed by atoms with Crippen LogP contribution in [-0.2, 0) is 27.7 Å². The number of aryl methyl sites for hydroxylation is 1. The highest BCUT2D eigenvalue weighted by Gasteiger charge is 2.35. The molecular formula is C17H20N2O3S2. The van der Waals surface area contributed by atoms with E-state index in [1.165, 1.54) is 11.3 Å². The lowest BCUT2D eigenvalue weighted by Crippen LogP contribution is -2.35. The minimum absolute atomic E-state index is 0.0290. The summed E-state index contributed by atoms with van der Waals surface area (Å²) in [5.74, 6) is -0.416. The van der Waals surface area contributed by atoms with Gasteiger partial charge in [-0.3, -0.25) is 4.79 Å². The summed E-state index contributed by atoms with van der Waals surface area (Å²) in [4.78, 5) is 20.0. The van der Waals surface area contributed by atoms with Crippen molar-refractivity contribution in [3.05, 3.63) is 52.0 Å². The molecule has 1 aliphatic rings. The molecule has 7 heteroatoms. The Labute approximate surface area is 146 Å². The molecule has 2 heterocycles. The third kappa shape index (κ3) is 4.02. The summed E-state index contributed by atoms with van der Waals surface area (Å²) in [6.45, 7) is 2.88. The summed E-state index contributed by atoms with van der Waals surface area (Å²) in [5, 5.41) is 0. The first-order chi connectivity index (χ1) is 11.4. The van der Waals surface area contributed by atoms with E-state index in [1.807, 2.05) is 37.3 Å². The van der Waals surface area contributed by atoms with Crippen LogP contribution in [0.1, 0.15) is 22.6 Å². The van der Waals surface area contributed by atoms with Crippen molar-refractivity contribution >= 4 is 27.1 Å². The molecule has 5 nitrogen and oxygen atoms in total. The molecule has 0 aliphatic carbocycles. The van der Waals surface area contributed by atoms with Crippen LogP contribution in [0.25, 0.3) is 0 Å². The molecular weight excluding hydrogens is 344 g/mol. The number of sulfone groups is 1. The molecule has 0 saturated carbocycles. The van der Waals surface area contributed by atoms with Gasteiger partial charge in [0.1, 0.15) is 0 Å². The highest BCUT2D eigenvalue weighted by Crippen LogP contribution is 2.24. The van der Waals surface area contributed by atoms with Crippen molar-refractivity contribution in [1.29, 1.82) is 0 Å². The molecule has 1 aromatic heterocycles. The van der Waals surface area contributed by atoms with Gasteiger partial charge in [-0.1, -0.05) is 30.3 Å². The second kappa shape index (κ2) is 7.03. The Kier molecular flexibility index (Phi) is 5.01. The number of carbonyl (C=O) groups is 1. The molecule has 24 heavy (non-hydrogen) atoms. The van der Waals surface area contributed by atoms with Gasteiger partial charge in [-0.15, -0.1) is 11.3 Å². The van der Waals surface area contributed by atoms with Crippen LogP contribution in [0, 0.1) is 12.8 Å². The molecule has 0 N–H and O–H groups in total. The van der Waals surface area contributed by atoms with Gasteiger partial charge < -0.3 is 4.90 Å². The predicted octanol–water partition coefficient (Wildman–Crippen LogP) is 2.42. The molecule has 1 aromatic carbocycles. The molecule has 1 saturated heterocycles. The Morgan fingerprint density at radius 2 is 2.04 bits per heavy atom. The van der Waals surface area contributed by atoms with Crippen LogP contribution < -0.4 is 0 Å². The van der Waals surface area contributed by atoms with Crippen molar-refractivity contribution in [2.75, 3.05) is 11.5 Å². The maximum absolute atomic E-state index is 12.9. The number of aromatic nitrogens is 1. The quantitative estimate of drug-likeness (QED) is 0.817. The van der Waals surface area contributed by atoms with E-state index in [4.69, 9.17) is 0 Å². The van der Waals surface area contributed by atoms with E-state index in [0.29, 0.717) is 19.5 Å². The summed E-state index contributed by atoms with van der Waals surface area (Å²) < 4.78 is 23.4. The zero-order valence-electron chi connectivity index (χ0n) is 13.5. The van der Waals surface area contributed by atoms with Crippen LogP contribution in [0.4, 0.5) is 0 Å². The first kappa shape index (κ1) is 17.1. The third-order valence-electron chi connectivity index (χ3n) is 4.29. The number of nitrogens with zero attached hydrogens (tertiary/aromatic N) is 2. The van der Waals surface area contributed by atoms with E-state index in [9.17, 15) is 13.2 Å². The maximum Gasteiger partial charge on any atom is 0.227 e. The predicted molar refractivity (Wildman–Crippen MR) is 94.3 cm³/mol. The highest BCUT2D eigenvalue weighted by atomic mass is 32.2. The second-order valence-electron chi connectivity index (χ2n) is 6.14. The Morgan fingerprint density at radius 3 is 2.62 bits per heavy atom. The lowest BCUT2D eigenvalue weighted by Gasteiger charge is -2.25. The lowest BCUT2D eigenvalue weighted by molar-refractivity contribution is -0.136. The molecule has 0 unspecified atom stereocenters. The fourth-order valence-corrected chi connectivity index (χ4v) is 5.44. The fraction of sp³-hybridized carbons (Fsp3) is 0.412. The van der Waals surface area contributed by atoms with Crippen molar-refractivity contribution in [2.24, 2.45) is 5.92 Å². The van der Waals surface area contributed by atoms with E-state index < -0.39 is 15.8 Å². The first-order valence-electron chi connectivity index (χ1n) is 7.87. The maximum atomic E-state index is 12.9. The Bertz CT molecular complexity index is 815. The molecule has 0 radical (unpaired) electrons. The largest absolute Gasteiger partial charge is 0.333 e. The van der Waals surface area contributed by atoms with Gasteiger partial charge in [0.05, 0.1) is 35.2 Å². The lowest BCUT2D eigenvalue weighted by atomic mass is 10.1. The molecule has 1 amide bonds. The van der Waals surface area contributed by atoms with Crippen LogP contribution in [0.5, 0.6) is 0 Å². The van der Waals surface area contributed by atoms with Gasteiger partial charge in [-0.25, -0.2) is 13.4 Å². The molecule has 0 spiro atoms. The summed E-state index contributed by atoms with van der Waals surface area (Å²) in [5.41, 5.74) is 3.73. The third-order valence-corrected chi connectivity index (χ3v) is 6.98. The average molecular weight is 364 g/mol. The van der Waals surface area contributed by atoms with Crippen molar-refractivity contribution in [1.82, 2.24) is 9.88 Å². The smallest absolute Gasteiger partial charge is 0.227 e. The molecule has 1 aliphatic heterocycles. The number of thiazole rings is 1. The van der Waals surface area contributed by atoms with Gasteiger partial charge in [-0.2, -0.15) is 0 Å². The second-order valence-corrected chi connectivity index (χ2v) is 9.31. The fourth-order valence-electron chi connectivity index (χ4n) is 2.91. The van der Waals surface area contributed by atoms with Crippen molar-refractivity contribution in [2.45, 2.75) is 26.4 Å². The Balaban J connectivity index is 1.81. The van der Waals surface area contributed by atoms with E-state index in [0.717, 1.165) is 16.1 Å². The van der Waals surface area contributed by atoms with E-state index in [2.05, 4.69) is 4.98 Å². The molecule has 1 fully saturated rings. The van der Waals surface area contributed by atoms with E-state index in [1.54, 1.807) is 10.4 Å². The van der Waals surface area contributed by atoms with Gasteiger partial charge in [-0.05, 0) is 18.9 Å². The van der Waals surface area contributed by atoms with Crippen molar-refractivity contribution in [3.63, 3.8) is 0 Å². The van der Waals surface area contributed by atoms with Crippen LogP contribution in [0.15, 0.2) is 35.8 Å². The van der Waals surface area contributed by atoms with Crippen molar-refractivity contribution in [3.8, 4) is 0 Å². The Hall–Kier alpha value is -1.73. The minimum atomic E-state index is -3.07. The van der Waals surface area contributed by atoms with Crippen LogP contribution >= 0.6 is 11.3 Å². The Morgan fingerprint density at radius 1 is 1.29 bits per heavy atom. The number of amides is 1. The molecule has 0 bridgehead atoms. The van der Waals surface area contributed by atoms with Crippen LogP contribution in [0.2, 0.25) is 0 Å². The number of rotatable bonds is 5. The number of hydrogen-bond acceptors (Lipinski definition) is 5. The zero-order valence-corrected chi connectivity index (χ0v) is 15.1. The molecule has 128 valence electrons. The van der Waals surface area contributed by atoms with E-state index in [-0.39, 0.29) is 17.4 Å². The SMILES string of the molecule is Cc1ncsc1CN(Cc1ccccc1)C(=O)[C@@H]1CCS(=O)(=O)C1. The first-order valence-corrected chi connectivity index (χ1v) is 10.6. The van der Waals surface area contributed by atoms with Gasteiger partial charge in [0.25, 0.3) is 0 Å². The summed E-state index contributed by atoms with van der Waals surface area (Å²) >= 11 is 1.52. The summed E-state index contributed by atoms with van der Waals surface area (Å²) in [6.07, 6.45) is 0.425. The van der Waals surface area contributed by atoms with E-state index >= 15 is 0 Å². The van der Waals surface area contributed by atoms with Gasteiger partial charge in [0, 0.05) is 11.4 Å². The zero-order chi connectivity index (χ0) is 17.2. The number of benzene rings is 1. The van der Waals surface area contributed by atoms with Crippen molar-refractivity contribution < 1.29 is 13.2 Å². The normalized spacial score (nSPS) is 19.3. The number of carbonyl (C=O) groups excluding carboxylic acids is 1. The monoisotopic (exact) mass is 364 g/mol. The standard InChI is InChI=1S/C17H20N2O3S2/c1-13-16(23-12-18-13)10-19(9-14-5-3-2-4-6-14)17(20)15-7-8-24(21,22)11-15/h2-6,12,15H,7-11H2,1H3/t15-/m1/s1. The van der Waals surface area contributed by atoms with Crippen LogP contribution in [0.3, 0.4) is 0 Å². The summed E-state index contributed by atoms with van der Waals surface area (Å²) in [7, 11) is -3.07.